The van der Waals surface area contributed by atoms with E-state index in [0.717, 1.165) is 0 Å². The summed E-state index contributed by atoms with van der Waals surface area (Å²) in [5.41, 5.74) is 1.69. The van der Waals surface area contributed by atoms with Gasteiger partial charge in [-0.3, -0.25) is 10.1 Å². The molecule has 0 aliphatic rings. The molecular weight excluding hydrogens is 286 g/mol. The molecule has 0 N–H and O–H groups in total. The Morgan fingerprint density at radius 3 is 2.73 bits per heavy atom. The summed E-state index contributed by atoms with van der Waals surface area (Å²) in [4.78, 5) is 21.8. The molecule has 4 aromatic rings. The molecule has 4 rings (SSSR count). The van der Waals surface area contributed by atoms with Gasteiger partial charge in [0.05, 0.1) is 16.0 Å². The van der Waals surface area contributed by atoms with Gasteiger partial charge in [0.25, 0.3) is 5.69 Å². The summed E-state index contributed by atoms with van der Waals surface area (Å²) < 4.78 is 1.48. The number of fused-ring (bicyclic) bond motifs is 5. The largest absolute Gasteiger partial charge is 0.270 e. The fraction of sp³-hybridized carbons (Fsp3) is 0. The number of non-ortho nitro benzene ring substituents is 1. The molecule has 0 amide bonds. The van der Waals surface area contributed by atoms with E-state index in [9.17, 15) is 15.0 Å². The van der Waals surface area contributed by atoms with Crippen LogP contribution in [0.3, 0.4) is 0 Å². The molecule has 2 heterocycles. The Hall–Kier alpha value is -3.42. The van der Waals surface area contributed by atoms with Crippen LogP contribution in [-0.2, 0) is 0 Å². The van der Waals surface area contributed by atoms with E-state index in [1.165, 1.54) is 16.6 Å². The van der Waals surface area contributed by atoms with Crippen LogP contribution >= 0.6 is 0 Å². The average Bonchev–Trinajstić information content (AvgIpc) is 2.88. The normalized spacial score (nSPS) is 11.3. The number of aromatic nitrogens is 3. The van der Waals surface area contributed by atoms with Crippen molar-refractivity contribution in [2.75, 3.05) is 0 Å². The Balaban J connectivity index is 2.28. The van der Waals surface area contributed by atoms with E-state index >= 15 is 0 Å². The zero-order valence-electron chi connectivity index (χ0n) is 11.0. The van der Waals surface area contributed by atoms with Crippen LogP contribution in [0.15, 0.2) is 47.6 Å². The SMILES string of the molecule is O=Nc1c2cc([N+](=O)[O-])ccc2n2nnc3ccccc3c12. The maximum absolute atomic E-state index is 11.3. The summed E-state index contributed by atoms with van der Waals surface area (Å²) in [5.74, 6) is 0. The van der Waals surface area contributed by atoms with Gasteiger partial charge in [-0.05, 0) is 17.3 Å². The van der Waals surface area contributed by atoms with Crippen LogP contribution in [0, 0.1) is 15.0 Å². The Kier molecular flexibility index (Phi) is 2.40. The van der Waals surface area contributed by atoms with E-state index in [4.69, 9.17) is 0 Å². The summed E-state index contributed by atoms with van der Waals surface area (Å²) >= 11 is 0. The fourth-order valence-electron chi connectivity index (χ4n) is 2.64. The predicted molar refractivity (Wildman–Crippen MR) is 80.1 cm³/mol. The van der Waals surface area contributed by atoms with Crippen molar-refractivity contribution in [3.8, 4) is 0 Å². The number of hydrogen-bond donors (Lipinski definition) is 0. The summed E-state index contributed by atoms with van der Waals surface area (Å²) in [5, 5.41) is 23.3. The topological polar surface area (TPSA) is 103 Å². The van der Waals surface area contributed by atoms with Crippen molar-refractivity contribution in [1.82, 2.24) is 14.8 Å². The van der Waals surface area contributed by atoms with Crippen LogP contribution in [0.5, 0.6) is 0 Å². The highest BCUT2D eigenvalue weighted by Crippen LogP contribution is 2.37. The summed E-state index contributed by atoms with van der Waals surface area (Å²) in [6, 6.07) is 11.4. The first-order valence-electron chi connectivity index (χ1n) is 6.38. The quantitative estimate of drug-likeness (QED) is 0.320. The lowest BCUT2D eigenvalue weighted by atomic mass is 10.1. The van der Waals surface area contributed by atoms with Gasteiger partial charge in [0.15, 0.2) is 0 Å². The van der Waals surface area contributed by atoms with Crippen LogP contribution in [0.2, 0.25) is 0 Å². The van der Waals surface area contributed by atoms with Gasteiger partial charge < -0.3 is 0 Å². The summed E-state index contributed by atoms with van der Waals surface area (Å²) in [7, 11) is 0. The lowest BCUT2D eigenvalue weighted by Gasteiger charge is -1.99. The van der Waals surface area contributed by atoms with Crippen LogP contribution < -0.4 is 0 Å². The first kappa shape index (κ1) is 12.3. The second-order valence-electron chi connectivity index (χ2n) is 4.77. The van der Waals surface area contributed by atoms with Crippen molar-refractivity contribution in [2.45, 2.75) is 0 Å². The van der Waals surface area contributed by atoms with Crippen LogP contribution in [0.4, 0.5) is 11.4 Å². The van der Waals surface area contributed by atoms with E-state index < -0.39 is 4.92 Å². The van der Waals surface area contributed by atoms with Crippen LogP contribution in [-0.4, -0.2) is 19.8 Å². The third-order valence-electron chi connectivity index (χ3n) is 3.60. The molecule has 0 fully saturated rings. The minimum atomic E-state index is -0.514. The van der Waals surface area contributed by atoms with Gasteiger partial charge in [-0.15, -0.1) is 10.0 Å². The molecule has 8 nitrogen and oxygen atoms in total. The molecule has 0 saturated carbocycles. The number of benzene rings is 2. The summed E-state index contributed by atoms with van der Waals surface area (Å²) in [6.45, 7) is 0. The van der Waals surface area contributed by atoms with E-state index in [-0.39, 0.29) is 11.4 Å². The van der Waals surface area contributed by atoms with Crippen molar-refractivity contribution in [3.63, 3.8) is 0 Å². The van der Waals surface area contributed by atoms with Gasteiger partial charge in [0.1, 0.15) is 11.2 Å². The lowest BCUT2D eigenvalue weighted by Crippen LogP contribution is -1.95. The smallest absolute Gasteiger partial charge is 0.258 e. The molecule has 0 radical (unpaired) electrons. The zero-order chi connectivity index (χ0) is 15.3. The molecule has 0 aliphatic carbocycles. The first-order valence-corrected chi connectivity index (χ1v) is 6.38. The van der Waals surface area contributed by atoms with E-state index in [1.54, 1.807) is 18.2 Å². The minimum Gasteiger partial charge on any atom is -0.258 e. The van der Waals surface area contributed by atoms with Gasteiger partial charge in [-0.2, -0.15) is 0 Å². The average molecular weight is 293 g/mol. The first-order chi connectivity index (χ1) is 10.7. The van der Waals surface area contributed by atoms with Gasteiger partial charge in [-0.25, -0.2) is 4.52 Å². The summed E-state index contributed by atoms with van der Waals surface area (Å²) in [6.07, 6.45) is 0. The number of hydrogen-bond acceptors (Lipinski definition) is 6. The molecule has 2 aromatic carbocycles. The van der Waals surface area contributed by atoms with Gasteiger partial charge >= 0.3 is 0 Å². The van der Waals surface area contributed by atoms with Gasteiger partial charge in [0, 0.05) is 22.9 Å². The molecule has 8 heteroatoms. The Morgan fingerprint density at radius 1 is 1.14 bits per heavy atom. The monoisotopic (exact) mass is 293 g/mol. The van der Waals surface area contributed by atoms with Gasteiger partial charge in [0.2, 0.25) is 0 Å². The van der Waals surface area contributed by atoms with Crippen LogP contribution in [0.25, 0.3) is 27.3 Å². The molecule has 0 atom stereocenters. The van der Waals surface area contributed by atoms with E-state index in [2.05, 4.69) is 15.5 Å². The standard InChI is InChI=1S/C14H7N5O3/c20-16-13-10-7-8(19(21)22)5-6-12(10)18-14(13)9-3-1-2-4-11(9)15-17-18/h1-7H. The van der Waals surface area contributed by atoms with Crippen LogP contribution in [0.1, 0.15) is 0 Å². The number of nitro groups is 1. The second-order valence-corrected chi connectivity index (χ2v) is 4.77. The highest BCUT2D eigenvalue weighted by Gasteiger charge is 2.19. The lowest BCUT2D eigenvalue weighted by molar-refractivity contribution is -0.384. The number of nitrogens with zero attached hydrogens (tertiary/aromatic N) is 5. The Labute approximate surface area is 122 Å². The molecule has 0 saturated heterocycles. The molecule has 2 aromatic heterocycles. The maximum Gasteiger partial charge on any atom is 0.270 e. The highest BCUT2D eigenvalue weighted by molar-refractivity contribution is 6.10. The predicted octanol–water partition coefficient (Wildman–Crippen LogP) is 3.34. The van der Waals surface area contributed by atoms with Crippen molar-refractivity contribution < 1.29 is 4.92 Å². The number of rotatable bonds is 2. The molecule has 0 spiro atoms. The minimum absolute atomic E-state index is 0.106. The van der Waals surface area contributed by atoms with Crippen molar-refractivity contribution in [1.29, 1.82) is 0 Å². The third-order valence-corrected chi connectivity index (χ3v) is 3.60. The number of nitroso groups, excluding NO2 is 1. The van der Waals surface area contributed by atoms with Crippen molar-refractivity contribution in [2.24, 2.45) is 5.18 Å². The fourth-order valence-corrected chi connectivity index (χ4v) is 2.64. The maximum atomic E-state index is 11.3. The van der Waals surface area contributed by atoms with Gasteiger partial charge in [-0.1, -0.05) is 23.4 Å². The number of nitro benzene ring substituents is 1. The van der Waals surface area contributed by atoms with Crippen molar-refractivity contribution >= 4 is 38.7 Å². The molecule has 22 heavy (non-hydrogen) atoms. The molecule has 106 valence electrons. The molecule has 0 unspecified atom stereocenters. The highest BCUT2D eigenvalue weighted by atomic mass is 16.6. The zero-order valence-corrected chi connectivity index (χ0v) is 11.0. The van der Waals surface area contributed by atoms with E-state index in [0.29, 0.717) is 27.3 Å². The Morgan fingerprint density at radius 2 is 1.95 bits per heavy atom. The molecular formula is C14H7N5O3. The Bertz CT molecular complexity index is 1090. The van der Waals surface area contributed by atoms with Crippen molar-refractivity contribution in [3.05, 3.63) is 57.5 Å². The second kappa shape index (κ2) is 4.29. The van der Waals surface area contributed by atoms with E-state index in [1.807, 2.05) is 12.1 Å². The molecule has 0 bridgehead atoms. The molecule has 0 aliphatic heterocycles. The third kappa shape index (κ3) is 1.51.